The number of amides is 1. The van der Waals surface area contributed by atoms with Crippen molar-refractivity contribution in [1.82, 2.24) is 9.80 Å². The zero-order valence-corrected chi connectivity index (χ0v) is 20.3. The van der Waals surface area contributed by atoms with Crippen LogP contribution in [0.5, 0.6) is 0 Å². The van der Waals surface area contributed by atoms with E-state index in [9.17, 15) is 9.59 Å². The maximum atomic E-state index is 12.1. The zero-order valence-electron chi connectivity index (χ0n) is 20.3. The summed E-state index contributed by atoms with van der Waals surface area (Å²) in [7, 11) is 3.25. The summed E-state index contributed by atoms with van der Waals surface area (Å²) in [6.45, 7) is 13.6. The van der Waals surface area contributed by atoms with E-state index < -0.39 is 5.60 Å². The van der Waals surface area contributed by atoms with Crippen molar-refractivity contribution in [3.8, 4) is 0 Å². The van der Waals surface area contributed by atoms with Crippen molar-refractivity contribution in [3.05, 3.63) is 35.4 Å². The van der Waals surface area contributed by atoms with Gasteiger partial charge in [0.1, 0.15) is 11.9 Å². The number of hydrogen-bond acceptors (Lipinski definition) is 5. The summed E-state index contributed by atoms with van der Waals surface area (Å²) >= 11 is 0. The Labute approximate surface area is 187 Å². The third kappa shape index (κ3) is 6.78. The van der Waals surface area contributed by atoms with Crippen molar-refractivity contribution in [2.75, 3.05) is 40.4 Å². The van der Waals surface area contributed by atoms with Crippen molar-refractivity contribution in [1.29, 1.82) is 0 Å². The van der Waals surface area contributed by atoms with Gasteiger partial charge >= 0.3 is 6.09 Å². The second-order valence-corrected chi connectivity index (χ2v) is 10.1. The fraction of sp³-hybridized carbons (Fsp3) is 0.680. The van der Waals surface area contributed by atoms with Crippen LogP contribution in [0.25, 0.3) is 0 Å². The summed E-state index contributed by atoms with van der Waals surface area (Å²) in [6, 6.07) is 8.84. The lowest BCUT2D eigenvalue weighted by Crippen LogP contribution is -2.50. The molecule has 174 valence electrons. The fourth-order valence-electron chi connectivity index (χ4n) is 4.11. The highest BCUT2D eigenvalue weighted by atomic mass is 16.6. The third-order valence-electron chi connectivity index (χ3n) is 6.14. The van der Waals surface area contributed by atoms with Gasteiger partial charge in [-0.15, -0.1) is 0 Å². The molecule has 1 aromatic rings. The highest BCUT2D eigenvalue weighted by Gasteiger charge is 2.35. The molecule has 6 nitrogen and oxygen atoms in total. The van der Waals surface area contributed by atoms with Crippen LogP contribution < -0.4 is 0 Å². The molecule has 1 amide bonds. The van der Waals surface area contributed by atoms with Crippen LogP contribution in [0.1, 0.15) is 64.5 Å². The maximum absolute atomic E-state index is 12.1. The van der Waals surface area contributed by atoms with E-state index in [2.05, 4.69) is 47.7 Å². The average molecular weight is 433 g/mol. The Hall–Kier alpha value is -1.92. The van der Waals surface area contributed by atoms with E-state index in [-0.39, 0.29) is 17.6 Å². The summed E-state index contributed by atoms with van der Waals surface area (Å²) in [6.07, 6.45) is 2.79. The average Bonchev–Trinajstić information content (AvgIpc) is 2.66. The summed E-state index contributed by atoms with van der Waals surface area (Å²) in [4.78, 5) is 27.4. The molecule has 2 heterocycles. The van der Waals surface area contributed by atoms with Crippen LogP contribution in [0.3, 0.4) is 0 Å². The van der Waals surface area contributed by atoms with E-state index >= 15 is 0 Å². The van der Waals surface area contributed by atoms with Crippen LogP contribution in [0.15, 0.2) is 24.3 Å². The number of nitrogens with zero attached hydrogens (tertiary/aromatic N) is 2. The molecule has 0 bridgehead atoms. The predicted molar refractivity (Wildman–Crippen MR) is 123 cm³/mol. The van der Waals surface area contributed by atoms with Crippen molar-refractivity contribution in [2.45, 2.75) is 64.5 Å². The SMILES string of the molecule is CC(C)(C)OC(=O)N1CC(c2ccc(C(C)(C)N3CCC(C=O)CC3)cc2)C1.COC. The van der Waals surface area contributed by atoms with Gasteiger partial charge in [0.25, 0.3) is 0 Å². The van der Waals surface area contributed by atoms with Crippen LogP contribution in [-0.2, 0) is 19.8 Å². The van der Waals surface area contributed by atoms with Gasteiger partial charge in [0, 0.05) is 44.7 Å². The van der Waals surface area contributed by atoms with Gasteiger partial charge in [0.2, 0.25) is 0 Å². The van der Waals surface area contributed by atoms with Crippen molar-refractivity contribution < 1.29 is 19.1 Å². The van der Waals surface area contributed by atoms with Gasteiger partial charge in [-0.05, 0) is 71.7 Å². The molecule has 0 N–H and O–H groups in total. The van der Waals surface area contributed by atoms with Gasteiger partial charge in [-0.2, -0.15) is 0 Å². The minimum absolute atomic E-state index is 0.0471. The summed E-state index contributed by atoms with van der Waals surface area (Å²) in [5.41, 5.74) is 2.08. The lowest BCUT2D eigenvalue weighted by Gasteiger charge is -2.43. The number of piperidine rings is 1. The van der Waals surface area contributed by atoms with Crippen LogP contribution in [-0.4, -0.2) is 68.2 Å². The van der Waals surface area contributed by atoms with Gasteiger partial charge in [-0.25, -0.2) is 4.79 Å². The fourth-order valence-corrected chi connectivity index (χ4v) is 4.11. The maximum Gasteiger partial charge on any atom is 0.410 e. The van der Waals surface area contributed by atoms with Gasteiger partial charge in [0.05, 0.1) is 0 Å². The van der Waals surface area contributed by atoms with Crippen LogP contribution in [0.4, 0.5) is 4.79 Å². The lowest BCUT2D eigenvalue weighted by atomic mass is 9.85. The molecule has 2 aliphatic rings. The minimum atomic E-state index is -0.449. The summed E-state index contributed by atoms with van der Waals surface area (Å²) in [5.74, 6) is 0.606. The Morgan fingerprint density at radius 3 is 1.97 bits per heavy atom. The molecular weight excluding hydrogens is 392 g/mol. The van der Waals surface area contributed by atoms with Gasteiger partial charge in [0.15, 0.2) is 0 Å². The second kappa shape index (κ2) is 10.6. The molecule has 31 heavy (non-hydrogen) atoms. The Kier molecular flexibility index (Phi) is 8.66. The standard InChI is InChI=1S/C23H34N2O3.C2H6O/c1-22(2,3)28-21(27)24-14-19(15-24)18-6-8-20(9-7-18)23(4,5)25-12-10-17(16-26)11-13-25;1-3-2/h6-9,16-17,19H,10-15H2,1-5H3;1-2H3. The monoisotopic (exact) mass is 432 g/mol. The summed E-state index contributed by atoms with van der Waals surface area (Å²) < 4.78 is 9.68. The second-order valence-electron chi connectivity index (χ2n) is 10.1. The molecule has 1 aromatic carbocycles. The highest BCUT2D eigenvalue weighted by molar-refractivity contribution is 5.69. The molecule has 3 rings (SSSR count). The Balaban J connectivity index is 0.00000107. The largest absolute Gasteiger partial charge is 0.444 e. The molecule has 6 heteroatoms. The first-order valence-electron chi connectivity index (χ1n) is 11.2. The topological polar surface area (TPSA) is 59.1 Å². The minimum Gasteiger partial charge on any atom is -0.444 e. The van der Waals surface area contributed by atoms with Crippen molar-refractivity contribution >= 4 is 12.4 Å². The number of ether oxygens (including phenoxy) is 2. The number of carbonyl (C=O) groups excluding carboxylic acids is 2. The van der Waals surface area contributed by atoms with E-state index in [1.165, 1.54) is 11.1 Å². The van der Waals surface area contributed by atoms with Gasteiger partial charge < -0.3 is 19.2 Å². The number of aldehydes is 1. The molecule has 2 aliphatic heterocycles. The zero-order chi connectivity index (χ0) is 23.2. The number of likely N-dealkylation sites (tertiary alicyclic amines) is 2. The van der Waals surface area contributed by atoms with Crippen molar-refractivity contribution in [2.24, 2.45) is 5.92 Å². The molecule has 2 fully saturated rings. The number of benzene rings is 1. The normalized spacial score (nSPS) is 18.6. The molecule has 0 atom stereocenters. The number of hydrogen-bond donors (Lipinski definition) is 0. The Morgan fingerprint density at radius 2 is 1.52 bits per heavy atom. The number of rotatable bonds is 4. The molecule has 0 unspecified atom stereocenters. The van der Waals surface area contributed by atoms with E-state index in [1.807, 2.05) is 20.8 Å². The van der Waals surface area contributed by atoms with Crippen molar-refractivity contribution in [3.63, 3.8) is 0 Å². The van der Waals surface area contributed by atoms with E-state index in [4.69, 9.17) is 4.74 Å². The molecule has 2 saturated heterocycles. The molecule has 0 aliphatic carbocycles. The third-order valence-corrected chi connectivity index (χ3v) is 6.14. The predicted octanol–water partition coefficient (Wildman–Crippen LogP) is 4.43. The first kappa shape index (κ1) is 25.3. The number of methoxy groups -OCH3 is 1. The van der Waals surface area contributed by atoms with E-state index in [1.54, 1.807) is 19.1 Å². The first-order chi connectivity index (χ1) is 14.5. The highest BCUT2D eigenvalue weighted by Crippen LogP contribution is 2.34. The molecular formula is C25H40N2O4. The first-order valence-corrected chi connectivity index (χ1v) is 11.2. The van der Waals surface area contributed by atoms with Gasteiger partial charge in [-0.3, -0.25) is 4.90 Å². The van der Waals surface area contributed by atoms with Gasteiger partial charge in [-0.1, -0.05) is 24.3 Å². The smallest absolute Gasteiger partial charge is 0.410 e. The Morgan fingerprint density at radius 1 is 1.00 bits per heavy atom. The molecule has 0 radical (unpaired) electrons. The van der Waals surface area contributed by atoms with Crippen LogP contribution >= 0.6 is 0 Å². The summed E-state index contributed by atoms with van der Waals surface area (Å²) in [5, 5.41) is 0. The molecule has 0 aromatic heterocycles. The number of carbonyl (C=O) groups is 2. The van der Waals surface area contributed by atoms with Crippen LogP contribution in [0, 0.1) is 5.92 Å². The van der Waals surface area contributed by atoms with Crippen LogP contribution in [0.2, 0.25) is 0 Å². The van der Waals surface area contributed by atoms with E-state index in [0.717, 1.165) is 45.3 Å². The lowest BCUT2D eigenvalue weighted by molar-refractivity contribution is -0.112. The molecule has 0 spiro atoms. The van der Waals surface area contributed by atoms with E-state index in [0.29, 0.717) is 5.92 Å². The Bertz CT molecular complexity index is 710. The molecule has 0 saturated carbocycles. The quantitative estimate of drug-likeness (QED) is 0.659.